The SMILES string of the molecule is Cc1c(C(=O)NCc2ccc(F)cc2)c(C(C)C)nc2cc(C#N)ccc12. The summed E-state index contributed by atoms with van der Waals surface area (Å²) in [7, 11) is 0. The zero-order valence-corrected chi connectivity index (χ0v) is 15.5. The summed E-state index contributed by atoms with van der Waals surface area (Å²) >= 11 is 0. The predicted molar refractivity (Wildman–Crippen MR) is 103 cm³/mol. The highest BCUT2D eigenvalue weighted by Crippen LogP contribution is 2.28. The normalized spacial score (nSPS) is 10.8. The molecule has 0 bridgehead atoms. The number of nitrogens with one attached hydrogen (secondary N) is 1. The lowest BCUT2D eigenvalue weighted by molar-refractivity contribution is 0.0948. The van der Waals surface area contributed by atoms with E-state index in [1.807, 2.05) is 26.8 Å². The summed E-state index contributed by atoms with van der Waals surface area (Å²) in [6.45, 7) is 6.17. The number of carbonyl (C=O) groups excluding carboxylic acids is 1. The van der Waals surface area contributed by atoms with E-state index < -0.39 is 0 Å². The molecule has 0 radical (unpaired) electrons. The summed E-state index contributed by atoms with van der Waals surface area (Å²) in [5.74, 6) is -0.469. The molecule has 0 saturated heterocycles. The van der Waals surface area contributed by atoms with Gasteiger partial charge in [0, 0.05) is 11.9 Å². The van der Waals surface area contributed by atoms with Crippen LogP contribution in [0.4, 0.5) is 4.39 Å². The zero-order chi connectivity index (χ0) is 19.6. The van der Waals surface area contributed by atoms with Gasteiger partial charge < -0.3 is 5.32 Å². The van der Waals surface area contributed by atoms with Crippen molar-refractivity contribution in [2.45, 2.75) is 33.2 Å². The summed E-state index contributed by atoms with van der Waals surface area (Å²) in [5.41, 5.74) is 4.17. The maximum absolute atomic E-state index is 13.0. The molecule has 1 N–H and O–H groups in total. The third-order valence-electron chi connectivity index (χ3n) is 4.54. The maximum Gasteiger partial charge on any atom is 0.253 e. The fraction of sp³-hybridized carbons (Fsp3) is 0.227. The molecule has 27 heavy (non-hydrogen) atoms. The molecule has 3 aromatic rings. The lowest BCUT2D eigenvalue weighted by atomic mass is 9.95. The second-order valence-corrected chi connectivity index (χ2v) is 6.80. The molecule has 1 heterocycles. The van der Waals surface area contributed by atoms with Crippen LogP contribution in [0.25, 0.3) is 10.9 Å². The van der Waals surface area contributed by atoms with E-state index in [9.17, 15) is 9.18 Å². The van der Waals surface area contributed by atoms with E-state index in [4.69, 9.17) is 5.26 Å². The second kappa shape index (κ2) is 7.55. The van der Waals surface area contributed by atoms with Gasteiger partial charge in [0.1, 0.15) is 5.82 Å². The number of hydrogen-bond donors (Lipinski definition) is 1. The van der Waals surface area contributed by atoms with E-state index in [0.29, 0.717) is 28.9 Å². The molecule has 0 saturated carbocycles. The minimum atomic E-state index is -0.307. The van der Waals surface area contributed by atoms with Crippen LogP contribution in [0.5, 0.6) is 0 Å². The predicted octanol–water partition coefficient (Wildman–Crippen LogP) is 4.61. The highest BCUT2D eigenvalue weighted by molar-refractivity contribution is 6.01. The molecule has 0 aliphatic rings. The molecule has 1 amide bonds. The van der Waals surface area contributed by atoms with E-state index in [1.54, 1.807) is 24.3 Å². The molecule has 0 fully saturated rings. The Morgan fingerprint density at radius 2 is 1.93 bits per heavy atom. The van der Waals surface area contributed by atoms with E-state index in [1.165, 1.54) is 12.1 Å². The van der Waals surface area contributed by atoms with Crippen LogP contribution in [0.1, 0.15) is 52.5 Å². The van der Waals surface area contributed by atoms with Gasteiger partial charge in [-0.05, 0) is 48.2 Å². The first-order valence-electron chi connectivity index (χ1n) is 8.77. The van der Waals surface area contributed by atoms with E-state index >= 15 is 0 Å². The third-order valence-corrected chi connectivity index (χ3v) is 4.54. The first-order chi connectivity index (χ1) is 12.9. The second-order valence-electron chi connectivity index (χ2n) is 6.80. The average Bonchev–Trinajstić information content (AvgIpc) is 2.66. The number of nitriles is 1. The largest absolute Gasteiger partial charge is 0.348 e. The van der Waals surface area contributed by atoms with Crippen molar-refractivity contribution >= 4 is 16.8 Å². The van der Waals surface area contributed by atoms with E-state index in [-0.39, 0.29) is 17.6 Å². The Balaban J connectivity index is 1.99. The standard InChI is InChI=1S/C22H20FN3O/c1-13(2)21-20(22(27)25-12-15-4-7-17(23)8-5-15)14(3)18-9-6-16(11-24)10-19(18)26-21/h4-10,13H,12H2,1-3H3,(H,25,27). The van der Waals surface area contributed by atoms with Gasteiger partial charge in [0.05, 0.1) is 28.4 Å². The Hall–Kier alpha value is -3.26. The molecule has 0 unspecified atom stereocenters. The highest BCUT2D eigenvalue weighted by atomic mass is 19.1. The van der Waals surface area contributed by atoms with Crippen molar-refractivity contribution in [1.29, 1.82) is 5.26 Å². The minimum absolute atomic E-state index is 0.0467. The van der Waals surface area contributed by atoms with Crippen LogP contribution < -0.4 is 5.32 Å². The quantitative estimate of drug-likeness (QED) is 0.738. The monoisotopic (exact) mass is 361 g/mol. The molecule has 5 heteroatoms. The van der Waals surface area contributed by atoms with Crippen molar-refractivity contribution < 1.29 is 9.18 Å². The van der Waals surface area contributed by atoms with Gasteiger partial charge in [-0.15, -0.1) is 0 Å². The number of hydrogen-bond acceptors (Lipinski definition) is 3. The molecule has 136 valence electrons. The first kappa shape index (κ1) is 18.5. The number of aromatic nitrogens is 1. The van der Waals surface area contributed by atoms with E-state index in [2.05, 4.69) is 16.4 Å². The number of halogens is 1. The van der Waals surface area contributed by atoms with Gasteiger partial charge in [-0.2, -0.15) is 5.26 Å². The van der Waals surface area contributed by atoms with Gasteiger partial charge in [-0.1, -0.05) is 32.0 Å². The summed E-state index contributed by atoms with van der Waals surface area (Å²) < 4.78 is 13.0. The smallest absolute Gasteiger partial charge is 0.253 e. The molecule has 0 aliphatic carbocycles. The number of aryl methyl sites for hydroxylation is 1. The Kier molecular flexibility index (Phi) is 5.18. The fourth-order valence-electron chi connectivity index (χ4n) is 3.10. The molecule has 0 aliphatic heterocycles. The number of nitrogens with zero attached hydrogens (tertiary/aromatic N) is 2. The molecular weight excluding hydrogens is 341 g/mol. The van der Waals surface area contributed by atoms with Crippen LogP contribution in [-0.2, 0) is 6.54 Å². The van der Waals surface area contributed by atoms with Gasteiger partial charge in [0.2, 0.25) is 0 Å². The number of fused-ring (bicyclic) bond motifs is 1. The van der Waals surface area contributed by atoms with Crippen LogP contribution in [-0.4, -0.2) is 10.9 Å². The molecule has 1 aromatic heterocycles. The Bertz CT molecular complexity index is 1050. The van der Waals surface area contributed by atoms with Gasteiger partial charge in [0.25, 0.3) is 5.91 Å². The van der Waals surface area contributed by atoms with Crippen LogP contribution in [0, 0.1) is 24.1 Å². The van der Waals surface area contributed by atoms with Crippen molar-refractivity contribution in [3.8, 4) is 6.07 Å². The summed E-state index contributed by atoms with van der Waals surface area (Å²) in [6.07, 6.45) is 0. The molecule has 0 spiro atoms. The van der Waals surface area contributed by atoms with Crippen molar-refractivity contribution in [2.75, 3.05) is 0 Å². The van der Waals surface area contributed by atoms with Crippen molar-refractivity contribution in [2.24, 2.45) is 0 Å². The number of rotatable bonds is 4. The number of benzene rings is 2. The third kappa shape index (κ3) is 3.80. The van der Waals surface area contributed by atoms with Gasteiger partial charge in [-0.3, -0.25) is 9.78 Å². The maximum atomic E-state index is 13.0. The summed E-state index contributed by atoms with van der Waals surface area (Å²) in [5, 5.41) is 12.9. The summed E-state index contributed by atoms with van der Waals surface area (Å²) in [6, 6.07) is 13.5. The molecule has 3 rings (SSSR count). The fourth-order valence-corrected chi connectivity index (χ4v) is 3.10. The van der Waals surface area contributed by atoms with Crippen LogP contribution >= 0.6 is 0 Å². The molecule has 4 nitrogen and oxygen atoms in total. The van der Waals surface area contributed by atoms with Gasteiger partial charge in [0.15, 0.2) is 0 Å². The molecular formula is C22H20FN3O. The number of carbonyl (C=O) groups is 1. The number of pyridine rings is 1. The average molecular weight is 361 g/mol. The zero-order valence-electron chi connectivity index (χ0n) is 15.5. The highest BCUT2D eigenvalue weighted by Gasteiger charge is 2.20. The van der Waals surface area contributed by atoms with Gasteiger partial charge >= 0.3 is 0 Å². The first-order valence-corrected chi connectivity index (χ1v) is 8.77. The van der Waals surface area contributed by atoms with Crippen LogP contribution in [0.2, 0.25) is 0 Å². The summed E-state index contributed by atoms with van der Waals surface area (Å²) in [4.78, 5) is 17.6. The lowest BCUT2D eigenvalue weighted by Crippen LogP contribution is -2.26. The van der Waals surface area contributed by atoms with E-state index in [0.717, 1.165) is 16.5 Å². The van der Waals surface area contributed by atoms with Crippen LogP contribution in [0.15, 0.2) is 42.5 Å². The number of amides is 1. The van der Waals surface area contributed by atoms with Crippen molar-refractivity contribution in [3.63, 3.8) is 0 Å². The molecule has 0 atom stereocenters. The Labute approximate surface area is 157 Å². The Morgan fingerprint density at radius 3 is 2.56 bits per heavy atom. The topological polar surface area (TPSA) is 65.8 Å². The lowest BCUT2D eigenvalue weighted by Gasteiger charge is -2.17. The van der Waals surface area contributed by atoms with Crippen LogP contribution in [0.3, 0.4) is 0 Å². The van der Waals surface area contributed by atoms with Crippen molar-refractivity contribution in [3.05, 3.63) is 76.2 Å². The van der Waals surface area contributed by atoms with Crippen molar-refractivity contribution in [1.82, 2.24) is 10.3 Å². The Morgan fingerprint density at radius 1 is 1.22 bits per heavy atom. The minimum Gasteiger partial charge on any atom is -0.348 e. The molecule has 2 aromatic carbocycles. The van der Waals surface area contributed by atoms with Gasteiger partial charge in [-0.25, -0.2) is 4.39 Å².